The SMILES string of the molecule is O=[N+]([O-])c1ccc(-c2n[nH]c(Cn3ccnc3)n2)cc1. The lowest BCUT2D eigenvalue weighted by Gasteiger charge is -1.96. The van der Waals surface area contributed by atoms with Gasteiger partial charge >= 0.3 is 0 Å². The molecule has 3 aromatic rings. The van der Waals surface area contributed by atoms with Crippen molar-refractivity contribution in [2.75, 3.05) is 0 Å². The second-order valence-corrected chi connectivity index (χ2v) is 4.14. The molecule has 1 N–H and O–H groups in total. The van der Waals surface area contributed by atoms with E-state index in [4.69, 9.17) is 0 Å². The quantitative estimate of drug-likeness (QED) is 0.573. The van der Waals surface area contributed by atoms with E-state index < -0.39 is 4.92 Å². The van der Waals surface area contributed by atoms with E-state index in [9.17, 15) is 10.1 Å². The van der Waals surface area contributed by atoms with Crippen LogP contribution in [0.2, 0.25) is 0 Å². The van der Waals surface area contributed by atoms with Crippen LogP contribution >= 0.6 is 0 Å². The molecule has 0 aliphatic rings. The Balaban J connectivity index is 1.80. The first kappa shape index (κ1) is 12.0. The Hall–Kier alpha value is -3.03. The highest BCUT2D eigenvalue weighted by atomic mass is 16.6. The summed E-state index contributed by atoms with van der Waals surface area (Å²) in [5, 5.41) is 17.5. The van der Waals surface area contributed by atoms with Crippen LogP contribution < -0.4 is 0 Å². The lowest BCUT2D eigenvalue weighted by atomic mass is 10.2. The van der Waals surface area contributed by atoms with Gasteiger partial charge in [-0.3, -0.25) is 15.2 Å². The molecule has 8 heteroatoms. The highest BCUT2D eigenvalue weighted by molar-refractivity contribution is 5.56. The highest BCUT2D eigenvalue weighted by Gasteiger charge is 2.09. The van der Waals surface area contributed by atoms with Crippen molar-refractivity contribution in [1.82, 2.24) is 24.7 Å². The molecular weight excluding hydrogens is 260 g/mol. The van der Waals surface area contributed by atoms with E-state index in [1.165, 1.54) is 12.1 Å². The number of non-ortho nitro benzene ring substituents is 1. The van der Waals surface area contributed by atoms with Crippen molar-refractivity contribution >= 4 is 5.69 Å². The number of nitrogens with one attached hydrogen (secondary N) is 1. The Bertz CT molecular complexity index is 717. The maximum Gasteiger partial charge on any atom is 0.269 e. The summed E-state index contributed by atoms with van der Waals surface area (Å²) >= 11 is 0. The summed E-state index contributed by atoms with van der Waals surface area (Å²) in [7, 11) is 0. The maximum absolute atomic E-state index is 10.6. The average molecular weight is 270 g/mol. The van der Waals surface area contributed by atoms with Crippen LogP contribution in [0.3, 0.4) is 0 Å². The number of hydrogen-bond donors (Lipinski definition) is 1. The van der Waals surface area contributed by atoms with Crippen molar-refractivity contribution in [3.63, 3.8) is 0 Å². The number of nitro benzene ring substituents is 1. The molecule has 0 atom stereocenters. The van der Waals surface area contributed by atoms with E-state index >= 15 is 0 Å². The molecule has 20 heavy (non-hydrogen) atoms. The van der Waals surface area contributed by atoms with E-state index in [1.807, 2.05) is 10.8 Å². The van der Waals surface area contributed by atoms with Crippen molar-refractivity contribution in [1.29, 1.82) is 0 Å². The second-order valence-electron chi connectivity index (χ2n) is 4.14. The first-order valence-electron chi connectivity index (χ1n) is 5.84. The van der Waals surface area contributed by atoms with E-state index in [0.29, 0.717) is 18.2 Å². The van der Waals surface area contributed by atoms with Gasteiger partial charge in [-0.15, -0.1) is 0 Å². The van der Waals surface area contributed by atoms with Gasteiger partial charge in [-0.05, 0) is 12.1 Å². The molecular formula is C12H10N6O2. The normalized spacial score (nSPS) is 10.6. The van der Waals surface area contributed by atoms with Gasteiger partial charge in [0, 0.05) is 30.1 Å². The molecule has 8 nitrogen and oxygen atoms in total. The van der Waals surface area contributed by atoms with Gasteiger partial charge in [0.15, 0.2) is 5.82 Å². The fourth-order valence-corrected chi connectivity index (χ4v) is 1.78. The van der Waals surface area contributed by atoms with E-state index in [0.717, 1.165) is 5.56 Å². The molecule has 0 saturated heterocycles. The topological polar surface area (TPSA) is 103 Å². The molecule has 0 saturated carbocycles. The molecule has 0 spiro atoms. The molecule has 2 heterocycles. The highest BCUT2D eigenvalue weighted by Crippen LogP contribution is 2.19. The minimum atomic E-state index is -0.438. The number of nitro groups is 1. The monoisotopic (exact) mass is 270 g/mol. The van der Waals surface area contributed by atoms with Crippen LogP contribution in [0.25, 0.3) is 11.4 Å². The number of nitrogens with zero attached hydrogens (tertiary/aromatic N) is 5. The predicted molar refractivity (Wildman–Crippen MR) is 69.8 cm³/mol. The number of imidazole rings is 1. The third kappa shape index (κ3) is 2.39. The Morgan fingerprint density at radius 2 is 2.10 bits per heavy atom. The predicted octanol–water partition coefficient (Wildman–Crippen LogP) is 1.62. The Kier molecular flexibility index (Phi) is 2.96. The number of benzene rings is 1. The summed E-state index contributed by atoms with van der Waals surface area (Å²) in [6, 6.07) is 6.12. The van der Waals surface area contributed by atoms with Crippen molar-refractivity contribution in [2.24, 2.45) is 0 Å². The third-order valence-electron chi connectivity index (χ3n) is 2.76. The Morgan fingerprint density at radius 1 is 1.30 bits per heavy atom. The van der Waals surface area contributed by atoms with Gasteiger partial charge in [-0.25, -0.2) is 9.97 Å². The van der Waals surface area contributed by atoms with Crippen molar-refractivity contribution < 1.29 is 4.92 Å². The van der Waals surface area contributed by atoms with Crippen LogP contribution in [0.4, 0.5) is 5.69 Å². The van der Waals surface area contributed by atoms with Crippen LogP contribution in [0, 0.1) is 10.1 Å². The first-order chi connectivity index (χ1) is 9.72. The van der Waals surface area contributed by atoms with Gasteiger partial charge in [0.25, 0.3) is 5.69 Å². The summed E-state index contributed by atoms with van der Waals surface area (Å²) in [6.45, 7) is 0.542. The molecule has 3 rings (SSSR count). The van der Waals surface area contributed by atoms with E-state index in [2.05, 4.69) is 20.2 Å². The molecule has 0 unspecified atom stereocenters. The summed E-state index contributed by atoms with van der Waals surface area (Å²) in [5.74, 6) is 1.20. The third-order valence-corrected chi connectivity index (χ3v) is 2.76. The molecule has 100 valence electrons. The van der Waals surface area contributed by atoms with Gasteiger partial charge in [0.2, 0.25) is 0 Å². The summed E-state index contributed by atoms with van der Waals surface area (Å²) in [6.07, 6.45) is 5.20. The zero-order chi connectivity index (χ0) is 13.9. The molecule has 0 radical (unpaired) electrons. The van der Waals surface area contributed by atoms with Crippen molar-refractivity contribution in [2.45, 2.75) is 6.54 Å². The number of hydrogen-bond acceptors (Lipinski definition) is 5. The first-order valence-corrected chi connectivity index (χ1v) is 5.84. The molecule has 0 aliphatic carbocycles. The number of aromatic amines is 1. The minimum Gasteiger partial charge on any atom is -0.330 e. The fourth-order valence-electron chi connectivity index (χ4n) is 1.78. The smallest absolute Gasteiger partial charge is 0.269 e. The van der Waals surface area contributed by atoms with Gasteiger partial charge in [0.1, 0.15) is 5.82 Å². The molecule has 0 fully saturated rings. The number of aromatic nitrogens is 5. The number of rotatable bonds is 4. The van der Waals surface area contributed by atoms with Crippen LogP contribution in [0.15, 0.2) is 43.0 Å². The molecule has 2 aromatic heterocycles. The molecule has 0 amide bonds. The van der Waals surface area contributed by atoms with Crippen molar-refractivity contribution in [3.8, 4) is 11.4 Å². The zero-order valence-corrected chi connectivity index (χ0v) is 10.3. The summed E-state index contributed by atoms with van der Waals surface area (Å²) in [4.78, 5) is 18.4. The lowest BCUT2D eigenvalue weighted by molar-refractivity contribution is -0.384. The van der Waals surface area contributed by atoms with Crippen LogP contribution in [0.5, 0.6) is 0 Å². The Labute approximate surface area is 113 Å². The largest absolute Gasteiger partial charge is 0.330 e. The van der Waals surface area contributed by atoms with Crippen molar-refractivity contribution in [3.05, 3.63) is 58.9 Å². The van der Waals surface area contributed by atoms with Gasteiger partial charge in [0.05, 0.1) is 17.8 Å². The lowest BCUT2D eigenvalue weighted by Crippen LogP contribution is -1.98. The standard InChI is InChI=1S/C12H10N6O2/c19-18(20)10-3-1-9(2-4-10)12-14-11(15-16-12)7-17-6-5-13-8-17/h1-6,8H,7H2,(H,14,15,16). The summed E-state index contributed by atoms with van der Waals surface area (Å²) < 4.78 is 1.86. The van der Waals surface area contributed by atoms with Gasteiger partial charge in [-0.2, -0.15) is 5.10 Å². The number of H-pyrrole nitrogens is 1. The van der Waals surface area contributed by atoms with E-state index in [-0.39, 0.29) is 5.69 Å². The fraction of sp³-hybridized carbons (Fsp3) is 0.0833. The molecule has 0 bridgehead atoms. The second kappa shape index (κ2) is 4.92. The summed E-state index contributed by atoms with van der Waals surface area (Å²) in [5.41, 5.74) is 0.770. The Morgan fingerprint density at radius 3 is 2.75 bits per heavy atom. The molecule has 0 aliphatic heterocycles. The van der Waals surface area contributed by atoms with Gasteiger partial charge in [-0.1, -0.05) is 0 Å². The van der Waals surface area contributed by atoms with Gasteiger partial charge < -0.3 is 4.57 Å². The van der Waals surface area contributed by atoms with E-state index in [1.54, 1.807) is 24.7 Å². The zero-order valence-electron chi connectivity index (χ0n) is 10.3. The maximum atomic E-state index is 10.6. The minimum absolute atomic E-state index is 0.0444. The van der Waals surface area contributed by atoms with Crippen LogP contribution in [-0.2, 0) is 6.54 Å². The molecule has 1 aromatic carbocycles. The average Bonchev–Trinajstić information content (AvgIpc) is 3.11. The van der Waals surface area contributed by atoms with Crippen LogP contribution in [0.1, 0.15) is 5.82 Å². The van der Waals surface area contributed by atoms with Crippen LogP contribution in [-0.4, -0.2) is 29.7 Å².